The van der Waals surface area contributed by atoms with Gasteiger partial charge in [-0.25, -0.2) is 4.98 Å². The molecule has 1 rings (SSSR count). The molecule has 0 aliphatic carbocycles. The van der Waals surface area contributed by atoms with Crippen molar-refractivity contribution in [1.82, 2.24) is 4.98 Å². The van der Waals surface area contributed by atoms with Gasteiger partial charge in [0, 0.05) is 17.8 Å². The van der Waals surface area contributed by atoms with E-state index in [0.717, 1.165) is 12.3 Å². The van der Waals surface area contributed by atoms with Crippen LogP contribution >= 0.6 is 0 Å². The molecule has 0 saturated heterocycles. The summed E-state index contributed by atoms with van der Waals surface area (Å²) in [7, 11) is 0. The quantitative estimate of drug-likeness (QED) is 0.403. The van der Waals surface area contributed by atoms with Crippen molar-refractivity contribution < 1.29 is 25.0 Å². The Balaban J connectivity index is 2.99. The molecular formula is C9H11N3O6. The topological polar surface area (TPSA) is 160 Å². The van der Waals surface area contributed by atoms with Gasteiger partial charge in [0.05, 0.1) is 17.4 Å². The third-order valence-corrected chi connectivity index (χ3v) is 2.20. The van der Waals surface area contributed by atoms with E-state index >= 15 is 0 Å². The number of hydrogen-bond donors (Lipinski definition) is 4. The molecule has 2 atom stereocenters. The van der Waals surface area contributed by atoms with Crippen LogP contribution in [-0.2, 0) is 4.79 Å². The molecule has 1 heterocycles. The number of hydrogen-bond acceptors (Lipinski definition) is 7. The summed E-state index contributed by atoms with van der Waals surface area (Å²) in [6.45, 7) is 0. The van der Waals surface area contributed by atoms with Crippen molar-refractivity contribution >= 4 is 17.5 Å². The molecule has 0 aromatic carbocycles. The van der Waals surface area contributed by atoms with Crippen molar-refractivity contribution in [2.45, 2.75) is 18.6 Å². The fraction of sp³-hybridized carbons (Fsp3) is 0.333. The number of anilines is 1. The number of nitrogens with two attached hydrogens (primary N) is 1. The first-order chi connectivity index (χ1) is 8.32. The second-order valence-electron chi connectivity index (χ2n) is 3.54. The number of nitrogens with zero attached hydrogens (tertiary/aromatic N) is 2. The van der Waals surface area contributed by atoms with Crippen LogP contribution in [0.3, 0.4) is 0 Å². The van der Waals surface area contributed by atoms with Crippen LogP contribution in [0.4, 0.5) is 11.5 Å². The molecule has 98 valence electrons. The Morgan fingerprint density at radius 2 is 2.17 bits per heavy atom. The Morgan fingerprint density at radius 1 is 1.56 bits per heavy atom. The molecule has 2 unspecified atom stereocenters. The van der Waals surface area contributed by atoms with Crippen LogP contribution < -0.4 is 5.73 Å². The molecule has 0 aliphatic heterocycles. The number of carboxylic acids is 1. The molecule has 0 radical (unpaired) electrons. The largest absolute Gasteiger partial charge is 0.481 e. The van der Waals surface area contributed by atoms with Gasteiger partial charge in [-0.3, -0.25) is 14.9 Å². The number of aliphatic carboxylic acids is 1. The number of aliphatic hydroxyl groups is 2. The maximum Gasteiger partial charge on any atom is 0.311 e. The summed E-state index contributed by atoms with van der Waals surface area (Å²) in [5.41, 5.74) is 4.66. The highest BCUT2D eigenvalue weighted by Crippen LogP contribution is 2.25. The summed E-state index contributed by atoms with van der Waals surface area (Å²) < 4.78 is 0. The third kappa shape index (κ3) is 3.12. The highest BCUT2D eigenvalue weighted by atomic mass is 16.6. The van der Waals surface area contributed by atoms with Gasteiger partial charge in [-0.15, -0.1) is 0 Å². The summed E-state index contributed by atoms with van der Waals surface area (Å²) in [4.78, 5) is 23.7. The van der Waals surface area contributed by atoms with E-state index in [1.54, 1.807) is 0 Å². The lowest BCUT2D eigenvalue weighted by Crippen LogP contribution is -2.22. The molecule has 18 heavy (non-hydrogen) atoms. The molecule has 5 N–H and O–H groups in total. The number of nitrogen functional groups attached to an aromatic ring is 1. The molecule has 0 spiro atoms. The number of carboxylic acid groups (broad SMARTS) is 1. The van der Waals surface area contributed by atoms with E-state index in [4.69, 9.17) is 10.8 Å². The molecule has 0 amide bonds. The lowest BCUT2D eigenvalue weighted by atomic mass is 10.0. The van der Waals surface area contributed by atoms with Crippen molar-refractivity contribution in [2.24, 2.45) is 0 Å². The first-order valence-electron chi connectivity index (χ1n) is 4.80. The highest BCUT2D eigenvalue weighted by molar-refractivity contribution is 5.67. The zero-order chi connectivity index (χ0) is 13.9. The smallest absolute Gasteiger partial charge is 0.311 e. The summed E-state index contributed by atoms with van der Waals surface area (Å²) in [5.74, 6) is -1.64. The second kappa shape index (κ2) is 5.38. The van der Waals surface area contributed by atoms with Gasteiger partial charge < -0.3 is 21.1 Å². The molecule has 0 aliphatic rings. The lowest BCUT2D eigenvalue weighted by molar-refractivity contribution is -0.384. The van der Waals surface area contributed by atoms with Gasteiger partial charge in [0.1, 0.15) is 6.10 Å². The van der Waals surface area contributed by atoms with E-state index < -0.39 is 35.2 Å². The summed E-state index contributed by atoms with van der Waals surface area (Å²) in [6, 6.07) is 0.943. The van der Waals surface area contributed by atoms with Gasteiger partial charge in [-0.05, 0) is 0 Å². The van der Waals surface area contributed by atoms with E-state index in [0.29, 0.717) is 0 Å². The van der Waals surface area contributed by atoms with E-state index in [-0.39, 0.29) is 11.4 Å². The van der Waals surface area contributed by atoms with Crippen LogP contribution in [0, 0.1) is 10.1 Å². The summed E-state index contributed by atoms with van der Waals surface area (Å²) in [5, 5.41) is 38.0. The molecule has 0 bridgehead atoms. The van der Waals surface area contributed by atoms with Crippen molar-refractivity contribution in [3.8, 4) is 0 Å². The van der Waals surface area contributed by atoms with Gasteiger partial charge in [0.25, 0.3) is 0 Å². The van der Waals surface area contributed by atoms with Crippen molar-refractivity contribution in [2.75, 3.05) is 5.73 Å². The predicted molar refractivity (Wildman–Crippen MR) is 58.5 cm³/mol. The Kier molecular flexibility index (Phi) is 4.13. The van der Waals surface area contributed by atoms with Crippen LogP contribution in [0.2, 0.25) is 0 Å². The highest BCUT2D eigenvalue weighted by Gasteiger charge is 2.24. The molecule has 1 aromatic heterocycles. The fourth-order valence-electron chi connectivity index (χ4n) is 1.30. The number of rotatable bonds is 5. The van der Waals surface area contributed by atoms with Gasteiger partial charge in [-0.2, -0.15) is 0 Å². The van der Waals surface area contributed by atoms with Gasteiger partial charge in [0.2, 0.25) is 5.82 Å². The standard InChI is InChI=1S/C9H11N3O6/c10-9-5(12(17)18)1-4(3-11-9)8(16)6(13)2-7(14)15/h1,3,6,8,13,16H,2H2,(H2,10,11)(H,14,15). The minimum atomic E-state index is -1.59. The van der Waals surface area contributed by atoms with E-state index in [9.17, 15) is 25.1 Å². The van der Waals surface area contributed by atoms with Gasteiger partial charge in [0.15, 0.2) is 0 Å². The average molecular weight is 257 g/mol. The summed E-state index contributed by atoms with van der Waals surface area (Å²) in [6.07, 6.45) is -2.84. The molecule has 9 heteroatoms. The van der Waals surface area contributed by atoms with Crippen LogP contribution in [-0.4, -0.2) is 37.3 Å². The number of pyridine rings is 1. The maximum atomic E-state index is 10.6. The average Bonchev–Trinajstić information content (AvgIpc) is 2.27. The zero-order valence-electron chi connectivity index (χ0n) is 9.05. The molecular weight excluding hydrogens is 246 g/mol. The summed E-state index contributed by atoms with van der Waals surface area (Å²) >= 11 is 0. The van der Waals surface area contributed by atoms with Crippen molar-refractivity contribution in [1.29, 1.82) is 0 Å². The Morgan fingerprint density at radius 3 is 2.67 bits per heavy atom. The predicted octanol–water partition coefficient (Wildman–Crippen LogP) is -0.559. The number of aromatic nitrogens is 1. The van der Waals surface area contributed by atoms with Crippen LogP contribution in [0.5, 0.6) is 0 Å². The van der Waals surface area contributed by atoms with E-state index in [2.05, 4.69) is 4.98 Å². The molecule has 9 nitrogen and oxygen atoms in total. The van der Waals surface area contributed by atoms with E-state index in [1.165, 1.54) is 0 Å². The minimum Gasteiger partial charge on any atom is -0.481 e. The van der Waals surface area contributed by atoms with Crippen molar-refractivity contribution in [3.05, 3.63) is 27.9 Å². The van der Waals surface area contributed by atoms with Crippen molar-refractivity contribution in [3.63, 3.8) is 0 Å². The lowest BCUT2D eigenvalue weighted by Gasteiger charge is -2.15. The first kappa shape index (κ1) is 13.8. The van der Waals surface area contributed by atoms with Crippen LogP contribution in [0.15, 0.2) is 12.3 Å². The van der Waals surface area contributed by atoms with E-state index in [1.807, 2.05) is 0 Å². The third-order valence-electron chi connectivity index (χ3n) is 2.20. The minimum absolute atomic E-state index is 0.0790. The monoisotopic (exact) mass is 257 g/mol. The fourth-order valence-corrected chi connectivity index (χ4v) is 1.30. The molecule has 0 saturated carbocycles. The Bertz CT molecular complexity index is 477. The maximum absolute atomic E-state index is 10.6. The number of carbonyl (C=O) groups is 1. The van der Waals surface area contributed by atoms with Gasteiger partial charge >= 0.3 is 11.7 Å². The molecule has 0 fully saturated rings. The number of aliphatic hydroxyl groups excluding tert-OH is 2. The second-order valence-corrected chi connectivity index (χ2v) is 3.54. The first-order valence-corrected chi connectivity index (χ1v) is 4.80. The number of nitro groups is 1. The van der Waals surface area contributed by atoms with Gasteiger partial charge in [-0.1, -0.05) is 0 Å². The van der Waals surface area contributed by atoms with Crippen LogP contribution in [0.1, 0.15) is 18.1 Å². The Labute approximate surface area is 101 Å². The SMILES string of the molecule is Nc1ncc(C(O)C(O)CC(=O)O)cc1[N+](=O)[O-]. The Hall–Kier alpha value is -2.26. The molecule has 1 aromatic rings. The van der Waals surface area contributed by atoms with Crippen LogP contribution in [0.25, 0.3) is 0 Å². The zero-order valence-corrected chi connectivity index (χ0v) is 9.05. The normalized spacial score (nSPS) is 13.9.